The molecular weight excluding hydrogens is 438 g/mol. The summed E-state index contributed by atoms with van der Waals surface area (Å²) in [6, 6.07) is 13.5. The van der Waals surface area contributed by atoms with E-state index in [1.165, 1.54) is 0 Å². The molecule has 1 saturated heterocycles. The van der Waals surface area contributed by atoms with Gasteiger partial charge >= 0.3 is 0 Å². The highest BCUT2D eigenvalue weighted by atomic mass is 35.5. The average molecular weight is 472 g/mol. The maximum absolute atomic E-state index is 13.7. The van der Waals surface area contributed by atoms with Gasteiger partial charge in [-0.2, -0.15) is 0 Å². The number of aliphatic hydroxyl groups excluding tert-OH is 1. The molecule has 0 aromatic heterocycles. The molecule has 6 nitrogen and oxygen atoms in total. The molecule has 1 aliphatic rings. The SMILES string of the molecule is Cc1cc(C)cc(CC(=O)N2CCC2(C)C(=O)N(CCCC(N)O)Cc2ccc(Cl)cc2)c1. The molecule has 2 aromatic carbocycles. The van der Waals surface area contributed by atoms with Gasteiger partial charge in [0.2, 0.25) is 11.8 Å². The van der Waals surface area contributed by atoms with Crippen molar-refractivity contribution in [3.63, 3.8) is 0 Å². The first kappa shape index (κ1) is 25.2. The van der Waals surface area contributed by atoms with E-state index >= 15 is 0 Å². The molecule has 0 saturated carbocycles. The quantitative estimate of drug-likeness (QED) is 0.547. The van der Waals surface area contributed by atoms with E-state index in [0.717, 1.165) is 22.3 Å². The number of carbonyl (C=O) groups excluding carboxylic acids is 2. The Bertz CT molecular complexity index is 973. The molecule has 1 heterocycles. The van der Waals surface area contributed by atoms with Crippen molar-refractivity contribution in [3.8, 4) is 0 Å². The highest BCUT2D eigenvalue weighted by molar-refractivity contribution is 6.30. The minimum atomic E-state index is -0.910. The van der Waals surface area contributed by atoms with Crippen LogP contribution in [0.5, 0.6) is 0 Å². The van der Waals surface area contributed by atoms with Crippen LogP contribution in [0.4, 0.5) is 0 Å². The molecule has 2 amide bonds. The zero-order valence-electron chi connectivity index (χ0n) is 19.7. The van der Waals surface area contributed by atoms with Gasteiger partial charge in [0.1, 0.15) is 11.8 Å². The van der Waals surface area contributed by atoms with E-state index in [0.29, 0.717) is 43.9 Å². The van der Waals surface area contributed by atoms with Gasteiger partial charge in [0.15, 0.2) is 0 Å². The zero-order chi connectivity index (χ0) is 24.2. The topological polar surface area (TPSA) is 86.9 Å². The number of nitrogens with two attached hydrogens (primary N) is 1. The molecule has 3 N–H and O–H groups in total. The van der Waals surface area contributed by atoms with E-state index in [4.69, 9.17) is 17.3 Å². The third-order valence-electron chi connectivity index (χ3n) is 6.32. The van der Waals surface area contributed by atoms with Crippen LogP contribution in [0.3, 0.4) is 0 Å². The molecule has 1 aliphatic heterocycles. The third-order valence-corrected chi connectivity index (χ3v) is 6.57. The van der Waals surface area contributed by atoms with Crippen LogP contribution >= 0.6 is 11.6 Å². The maximum Gasteiger partial charge on any atom is 0.248 e. The summed E-state index contributed by atoms with van der Waals surface area (Å²) in [5, 5.41) is 10.1. The normalized spacial score (nSPS) is 18.5. The second kappa shape index (κ2) is 10.7. The van der Waals surface area contributed by atoms with Crippen LogP contribution in [-0.2, 0) is 22.6 Å². The second-order valence-electron chi connectivity index (χ2n) is 9.30. The number of aliphatic hydroxyl groups is 1. The first-order valence-electron chi connectivity index (χ1n) is 11.4. The van der Waals surface area contributed by atoms with Crippen molar-refractivity contribution in [1.29, 1.82) is 0 Å². The molecule has 2 aromatic rings. The van der Waals surface area contributed by atoms with Gasteiger partial charge in [-0.15, -0.1) is 0 Å². The fraction of sp³-hybridized carbons (Fsp3) is 0.462. The summed E-state index contributed by atoms with van der Waals surface area (Å²) < 4.78 is 0. The lowest BCUT2D eigenvalue weighted by molar-refractivity contribution is -0.164. The molecule has 2 atom stereocenters. The Labute approximate surface area is 201 Å². The van der Waals surface area contributed by atoms with Gasteiger partial charge < -0.3 is 20.6 Å². The minimum absolute atomic E-state index is 0.0362. The standard InChI is InChI=1S/C26H34ClN3O3/c1-18-13-19(2)15-21(14-18)16-24(32)30-12-10-26(30,3)25(33)29(11-4-5-23(28)31)17-20-6-8-22(27)9-7-20/h6-9,13-15,23,31H,4-5,10-12,16-17,28H2,1-3H3. The molecule has 7 heteroatoms. The summed E-state index contributed by atoms with van der Waals surface area (Å²) in [6.45, 7) is 7.32. The van der Waals surface area contributed by atoms with Crippen LogP contribution in [0.1, 0.15) is 48.4 Å². The molecule has 2 unspecified atom stereocenters. The second-order valence-corrected chi connectivity index (χ2v) is 9.74. The highest BCUT2D eigenvalue weighted by Crippen LogP contribution is 2.34. The molecule has 1 fully saturated rings. The number of benzene rings is 2. The summed E-state index contributed by atoms with van der Waals surface area (Å²) >= 11 is 6.01. The first-order chi connectivity index (χ1) is 15.6. The van der Waals surface area contributed by atoms with E-state index in [2.05, 4.69) is 6.07 Å². The van der Waals surface area contributed by atoms with Crippen LogP contribution in [0.2, 0.25) is 5.02 Å². The number of amides is 2. The van der Waals surface area contributed by atoms with Gasteiger partial charge in [-0.1, -0.05) is 53.1 Å². The van der Waals surface area contributed by atoms with Crippen LogP contribution in [0, 0.1) is 13.8 Å². The van der Waals surface area contributed by atoms with E-state index in [1.54, 1.807) is 21.9 Å². The molecule has 0 radical (unpaired) electrons. The van der Waals surface area contributed by atoms with E-state index in [9.17, 15) is 14.7 Å². The summed E-state index contributed by atoms with van der Waals surface area (Å²) in [6.07, 6.45) is 0.968. The van der Waals surface area contributed by atoms with Crippen LogP contribution in [0.25, 0.3) is 0 Å². The summed E-state index contributed by atoms with van der Waals surface area (Å²) in [7, 11) is 0. The maximum atomic E-state index is 13.7. The molecule has 0 aliphatic carbocycles. The van der Waals surface area contributed by atoms with Crippen molar-refractivity contribution in [2.45, 2.75) is 64.8 Å². The Balaban J connectivity index is 1.74. The smallest absolute Gasteiger partial charge is 0.248 e. The predicted molar refractivity (Wildman–Crippen MR) is 131 cm³/mol. The van der Waals surface area contributed by atoms with Crippen LogP contribution < -0.4 is 5.73 Å². The third kappa shape index (κ3) is 6.34. The Morgan fingerprint density at radius 2 is 1.79 bits per heavy atom. The van der Waals surface area contributed by atoms with Gasteiger partial charge in [-0.25, -0.2) is 0 Å². The number of aryl methyl sites for hydroxylation is 2. The van der Waals surface area contributed by atoms with Crippen LogP contribution in [0.15, 0.2) is 42.5 Å². The number of likely N-dealkylation sites (tertiary alicyclic amines) is 1. The van der Waals surface area contributed by atoms with E-state index in [1.807, 2.05) is 45.0 Å². The zero-order valence-corrected chi connectivity index (χ0v) is 20.4. The van der Waals surface area contributed by atoms with Gasteiger partial charge in [0, 0.05) is 24.7 Å². The summed E-state index contributed by atoms with van der Waals surface area (Å²) in [5.74, 6) is -0.116. The molecule has 0 bridgehead atoms. The molecular formula is C26H34ClN3O3. The molecule has 33 heavy (non-hydrogen) atoms. The monoisotopic (exact) mass is 471 g/mol. The lowest BCUT2D eigenvalue weighted by Gasteiger charge is -2.51. The minimum Gasteiger partial charge on any atom is -0.379 e. The number of rotatable bonds is 9. The Morgan fingerprint density at radius 3 is 2.33 bits per heavy atom. The molecule has 3 rings (SSSR count). The van der Waals surface area contributed by atoms with Gasteiger partial charge in [-0.3, -0.25) is 9.59 Å². The van der Waals surface area contributed by atoms with Gasteiger partial charge in [-0.05, 0) is 63.3 Å². The molecule has 178 valence electrons. The number of halogens is 1. The lowest BCUT2D eigenvalue weighted by Crippen LogP contribution is -2.68. The number of carbonyl (C=O) groups is 2. The van der Waals surface area contributed by atoms with Crippen molar-refractivity contribution in [1.82, 2.24) is 9.80 Å². The van der Waals surface area contributed by atoms with Gasteiger partial charge in [0.25, 0.3) is 0 Å². The highest BCUT2D eigenvalue weighted by Gasteiger charge is 2.50. The van der Waals surface area contributed by atoms with Crippen molar-refractivity contribution >= 4 is 23.4 Å². The largest absolute Gasteiger partial charge is 0.379 e. The van der Waals surface area contributed by atoms with Crippen molar-refractivity contribution < 1.29 is 14.7 Å². The fourth-order valence-corrected chi connectivity index (χ4v) is 4.64. The van der Waals surface area contributed by atoms with Crippen molar-refractivity contribution in [2.75, 3.05) is 13.1 Å². The van der Waals surface area contributed by atoms with Crippen molar-refractivity contribution in [2.24, 2.45) is 5.73 Å². The van der Waals surface area contributed by atoms with Crippen molar-refractivity contribution in [3.05, 3.63) is 69.7 Å². The van der Waals surface area contributed by atoms with Crippen LogP contribution in [-0.4, -0.2) is 51.6 Å². The van der Waals surface area contributed by atoms with E-state index in [-0.39, 0.29) is 18.2 Å². The Kier molecular flexibility index (Phi) is 8.16. The average Bonchev–Trinajstić information content (AvgIpc) is 2.71. The summed E-state index contributed by atoms with van der Waals surface area (Å²) in [4.78, 5) is 30.3. The Hall–Kier alpha value is -2.41. The van der Waals surface area contributed by atoms with E-state index < -0.39 is 11.8 Å². The predicted octanol–water partition coefficient (Wildman–Crippen LogP) is 3.58. The molecule has 0 spiro atoms. The number of nitrogens with zero attached hydrogens (tertiary/aromatic N) is 2. The first-order valence-corrected chi connectivity index (χ1v) is 11.8. The summed E-state index contributed by atoms with van der Waals surface area (Å²) in [5.41, 5.74) is 8.78. The number of hydrogen-bond acceptors (Lipinski definition) is 4. The van der Waals surface area contributed by atoms with Gasteiger partial charge in [0.05, 0.1) is 6.42 Å². The fourth-order valence-electron chi connectivity index (χ4n) is 4.52. The lowest BCUT2D eigenvalue weighted by atomic mass is 9.84. The Morgan fingerprint density at radius 1 is 1.15 bits per heavy atom. The number of hydrogen-bond donors (Lipinski definition) is 2.